The molecule has 0 aromatic heterocycles. The fourth-order valence-electron chi connectivity index (χ4n) is 2.88. The average Bonchev–Trinajstić information content (AvgIpc) is 2.36. The molecule has 0 radical (unpaired) electrons. The number of nitrogens with one attached hydrogen (secondary N) is 1. The molecular weight excluding hydrogens is 234 g/mol. The van der Waals surface area contributed by atoms with E-state index in [1.165, 1.54) is 22.3 Å². The Hall–Kier alpha value is -2.09. The Balaban J connectivity index is 1.78. The molecule has 2 heteroatoms. The van der Waals surface area contributed by atoms with Crippen molar-refractivity contribution in [1.29, 1.82) is 0 Å². The number of hydrogen-bond acceptors (Lipinski definition) is 1. The predicted molar refractivity (Wildman–Crippen MR) is 76.3 cm³/mol. The van der Waals surface area contributed by atoms with Crippen LogP contribution in [0.4, 0.5) is 0 Å². The summed E-state index contributed by atoms with van der Waals surface area (Å²) in [5.41, 5.74) is 5.97. The van der Waals surface area contributed by atoms with E-state index in [0.717, 1.165) is 12.0 Å². The Bertz CT molecular complexity index is 614. The van der Waals surface area contributed by atoms with Gasteiger partial charge in [0, 0.05) is 5.56 Å². The van der Waals surface area contributed by atoms with Gasteiger partial charge >= 0.3 is 0 Å². The minimum Gasteiger partial charge on any atom is -0.345 e. The third-order valence-corrected chi connectivity index (χ3v) is 3.73. The van der Waals surface area contributed by atoms with Gasteiger partial charge < -0.3 is 5.32 Å². The molecule has 1 atom stereocenters. The maximum Gasteiger partial charge on any atom is 0.251 e. The van der Waals surface area contributed by atoms with Gasteiger partial charge in [-0.15, -0.1) is 0 Å². The van der Waals surface area contributed by atoms with Crippen molar-refractivity contribution in [2.45, 2.75) is 26.3 Å². The van der Waals surface area contributed by atoms with Crippen molar-refractivity contribution in [1.82, 2.24) is 5.32 Å². The second kappa shape index (κ2) is 4.54. The lowest BCUT2D eigenvalue weighted by molar-refractivity contribution is 0.0932. The van der Waals surface area contributed by atoms with E-state index in [1.807, 2.05) is 30.3 Å². The zero-order valence-corrected chi connectivity index (χ0v) is 11.2. The number of fused-ring (bicyclic) bond motifs is 1. The standard InChI is InChI=1S/C17H17NO/c1-11-8-12(2)16-14(9-11)10-15(16)18-17(19)13-6-4-3-5-7-13/h3-9,15H,10H2,1-2H3,(H,18,19)/t15-/m0/s1. The van der Waals surface area contributed by atoms with Gasteiger partial charge in [0.1, 0.15) is 0 Å². The summed E-state index contributed by atoms with van der Waals surface area (Å²) in [6, 6.07) is 13.9. The summed E-state index contributed by atoms with van der Waals surface area (Å²) in [6.07, 6.45) is 0.941. The quantitative estimate of drug-likeness (QED) is 0.871. The molecule has 0 spiro atoms. The van der Waals surface area contributed by atoms with Crippen LogP contribution in [0.1, 0.15) is 38.7 Å². The number of amides is 1. The van der Waals surface area contributed by atoms with Gasteiger partial charge in [0.15, 0.2) is 0 Å². The van der Waals surface area contributed by atoms with Crippen molar-refractivity contribution in [2.24, 2.45) is 0 Å². The minimum absolute atomic E-state index is 0.0104. The summed E-state index contributed by atoms with van der Waals surface area (Å²) < 4.78 is 0. The van der Waals surface area contributed by atoms with Crippen molar-refractivity contribution in [3.8, 4) is 0 Å². The largest absolute Gasteiger partial charge is 0.345 e. The lowest BCUT2D eigenvalue weighted by atomic mass is 9.79. The molecule has 0 saturated carbocycles. The number of benzene rings is 2. The molecule has 96 valence electrons. The molecule has 1 aliphatic carbocycles. The molecule has 0 saturated heterocycles. The first-order valence-electron chi connectivity index (χ1n) is 6.61. The summed E-state index contributed by atoms with van der Waals surface area (Å²) in [5, 5.41) is 3.11. The van der Waals surface area contributed by atoms with Crippen LogP contribution in [0.2, 0.25) is 0 Å². The van der Waals surface area contributed by atoms with E-state index in [9.17, 15) is 4.79 Å². The van der Waals surface area contributed by atoms with Crippen LogP contribution < -0.4 is 5.32 Å². The van der Waals surface area contributed by atoms with Crippen LogP contribution in [-0.2, 0) is 6.42 Å². The molecule has 1 aliphatic rings. The highest BCUT2D eigenvalue weighted by molar-refractivity contribution is 5.94. The number of carbonyl (C=O) groups excluding carboxylic acids is 1. The smallest absolute Gasteiger partial charge is 0.251 e. The van der Waals surface area contributed by atoms with E-state index in [4.69, 9.17) is 0 Å². The van der Waals surface area contributed by atoms with Gasteiger partial charge in [-0.1, -0.05) is 35.9 Å². The summed E-state index contributed by atoms with van der Waals surface area (Å²) in [4.78, 5) is 12.1. The zero-order valence-electron chi connectivity index (χ0n) is 11.2. The molecule has 1 amide bonds. The van der Waals surface area contributed by atoms with Crippen LogP contribution in [0, 0.1) is 13.8 Å². The topological polar surface area (TPSA) is 29.1 Å². The van der Waals surface area contributed by atoms with E-state index in [2.05, 4.69) is 31.3 Å². The SMILES string of the molecule is Cc1cc(C)c2c(c1)C[C@@H]2NC(=O)c1ccccc1. The Labute approximate surface area is 113 Å². The zero-order chi connectivity index (χ0) is 13.4. The Morgan fingerprint density at radius 3 is 2.58 bits per heavy atom. The molecule has 2 aromatic rings. The first-order valence-corrected chi connectivity index (χ1v) is 6.61. The van der Waals surface area contributed by atoms with Gasteiger partial charge in [0.2, 0.25) is 0 Å². The molecule has 0 bridgehead atoms. The maximum absolute atomic E-state index is 12.1. The van der Waals surface area contributed by atoms with E-state index < -0.39 is 0 Å². The van der Waals surface area contributed by atoms with Crippen LogP contribution in [-0.4, -0.2) is 5.91 Å². The highest BCUT2D eigenvalue weighted by Crippen LogP contribution is 2.36. The predicted octanol–water partition coefficient (Wildman–Crippen LogP) is 3.33. The van der Waals surface area contributed by atoms with Crippen molar-refractivity contribution in [3.63, 3.8) is 0 Å². The second-order valence-electron chi connectivity index (χ2n) is 5.25. The van der Waals surface area contributed by atoms with Crippen LogP contribution >= 0.6 is 0 Å². The van der Waals surface area contributed by atoms with Crippen molar-refractivity contribution in [2.75, 3.05) is 0 Å². The molecule has 19 heavy (non-hydrogen) atoms. The van der Waals surface area contributed by atoms with Gasteiger partial charge in [0.25, 0.3) is 5.91 Å². The van der Waals surface area contributed by atoms with Crippen molar-refractivity contribution < 1.29 is 4.79 Å². The number of aryl methyl sites for hydroxylation is 2. The fourth-order valence-corrected chi connectivity index (χ4v) is 2.88. The molecule has 0 aliphatic heterocycles. The summed E-state index contributed by atoms with van der Waals surface area (Å²) >= 11 is 0. The molecule has 0 unspecified atom stereocenters. The monoisotopic (exact) mass is 251 g/mol. The fraction of sp³-hybridized carbons (Fsp3) is 0.235. The first-order chi connectivity index (χ1) is 9.15. The van der Waals surface area contributed by atoms with Crippen LogP contribution in [0.15, 0.2) is 42.5 Å². The van der Waals surface area contributed by atoms with E-state index in [1.54, 1.807) is 0 Å². The summed E-state index contributed by atoms with van der Waals surface area (Å²) in [7, 11) is 0. The minimum atomic E-state index is 0.0104. The number of hydrogen-bond donors (Lipinski definition) is 1. The first kappa shape index (κ1) is 12.0. The van der Waals surface area contributed by atoms with E-state index in [0.29, 0.717) is 0 Å². The normalized spacial score (nSPS) is 16.4. The highest BCUT2D eigenvalue weighted by atomic mass is 16.1. The third-order valence-electron chi connectivity index (χ3n) is 3.73. The van der Waals surface area contributed by atoms with Crippen molar-refractivity contribution in [3.05, 3.63) is 70.3 Å². The lowest BCUT2D eigenvalue weighted by Crippen LogP contribution is -2.36. The van der Waals surface area contributed by atoms with Gasteiger partial charge in [-0.25, -0.2) is 0 Å². The van der Waals surface area contributed by atoms with Crippen LogP contribution in [0.25, 0.3) is 0 Å². The molecule has 1 N–H and O–H groups in total. The van der Waals surface area contributed by atoms with Gasteiger partial charge in [-0.3, -0.25) is 4.79 Å². The maximum atomic E-state index is 12.1. The Kier molecular flexibility index (Phi) is 2.86. The third kappa shape index (κ3) is 2.14. The van der Waals surface area contributed by atoms with Crippen molar-refractivity contribution >= 4 is 5.91 Å². The lowest BCUT2D eigenvalue weighted by Gasteiger charge is -2.33. The van der Waals surface area contributed by atoms with E-state index in [-0.39, 0.29) is 11.9 Å². The van der Waals surface area contributed by atoms with Crippen LogP contribution in [0.3, 0.4) is 0 Å². The molecule has 0 fully saturated rings. The van der Waals surface area contributed by atoms with E-state index >= 15 is 0 Å². The Morgan fingerprint density at radius 2 is 1.89 bits per heavy atom. The van der Waals surface area contributed by atoms with Gasteiger partial charge in [-0.05, 0) is 49.1 Å². The number of rotatable bonds is 2. The van der Waals surface area contributed by atoms with Gasteiger partial charge in [0.05, 0.1) is 6.04 Å². The average molecular weight is 251 g/mol. The summed E-state index contributed by atoms with van der Waals surface area (Å²) in [5.74, 6) is 0.0104. The van der Waals surface area contributed by atoms with Gasteiger partial charge in [-0.2, -0.15) is 0 Å². The molecular formula is C17H17NO. The molecule has 3 rings (SSSR count). The Morgan fingerprint density at radius 1 is 1.16 bits per heavy atom. The van der Waals surface area contributed by atoms with Crippen LogP contribution in [0.5, 0.6) is 0 Å². The molecule has 2 nitrogen and oxygen atoms in total. The molecule has 2 aromatic carbocycles. The second-order valence-corrected chi connectivity index (χ2v) is 5.25. The molecule has 0 heterocycles. The highest BCUT2D eigenvalue weighted by Gasteiger charge is 2.29. The number of carbonyl (C=O) groups is 1. The summed E-state index contributed by atoms with van der Waals surface area (Å²) in [6.45, 7) is 4.23.